The van der Waals surface area contributed by atoms with E-state index in [1.165, 1.54) is 6.20 Å². The first-order valence-corrected chi connectivity index (χ1v) is 9.51. The van der Waals surface area contributed by atoms with Crippen molar-refractivity contribution in [2.75, 3.05) is 32.1 Å². The van der Waals surface area contributed by atoms with Gasteiger partial charge in [-0.2, -0.15) is 0 Å². The molecule has 0 saturated carbocycles. The van der Waals surface area contributed by atoms with Crippen LogP contribution in [-0.4, -0.2) is 59.0 Å². The van der Waals surface area contributed by atoms with Crippen LogP contribution in [-0.2, 0) is 6.54 Å². The van der Waals surface area contributed by atoms with Gasteiger partial charge in [0, 0.05) is 57.1 Å². The number of carbonyl (C=O) groups is 1. The summed E-state index contributed by atoms with van der Waals surface area (Å²) in [6.07, 6.45) is 5.32. The van der Waals surface area contributed by atoms with E-state index in [0.29, 0.717) is 30.2 Å². The van der Waals surface area contributed by atoms with Gasteiger partial charge < -0.3 is 10.2 Å². The Balaban J connectivity index is 1.82. The molecular formula is C20H27FN6O. The fourth-order valence-electron chi connectivity index (χ4n) is 3.40. The van der Waals surface area contributed by atoms with E-state index in [4.69, 9.17) is 0 Å². The predicted molar refractivity (Wildman–Crippen MR) is 106 cm³/mol. The average molecular weight is 386 g/mol. The van der Waals surface area contributed by atoms with Crippen LogP contribution in [0.2, 0.25) is 0 Å². The molecule has 0 bridgehead atoms. The van der Waals surface area contributed by atoms with Gasteiger partial charge in [-0.1, -0.05) is 0 Å². The van der Waals surface area contributed by atoms with Crippen LogP contribution in [0.1, 0.15) is 47.8 Å². The molecule has 1 aliphatic rings. The molecule has 0 spiro atoms. The van der Waals surface area contributed by atoms with Gasteiger partial charge in [-0.15, -0.1) is 0 Å². The zero-order valence-electron chi connectivity index (χ0n) is 16.8. The molecule has 150 valence electrons. The van der Waals surface area contributed by atoms with Crippen LogP contribution in [0.3, 0.4) is 0 Å². The second-order valence-corrected chi connectivity index (χ2v) is 7.68. The van der Waals surface area contributed by atoms with E-state index >= 15 is 0 Å². The van der Waals surface area contributed by atoms with Gasteiger partial charge in [-0.25, -0.2) is 14.4 Å². The summed E-state index contributed by atoms with van der Waals surface area (Å²) in [7, 11) is 3.75. The minimum absolute atomic E-state index is 0.0311. The molecule has 1 N–H and O–H groups in total. The first-order chi connectivity index (χ1) is 13.3. The minimum atomic E-state index is -0.292. The van der Waals surface area contributed by atoms with Crippen LogP contribution in [0, 0.1) is 5.82 Å². The standard InChI is InChI=1S/C20H27FN6O/c1-13(2)24-19(28)16-9-23-20(26(3)4)25-18(16)15-6-8-27(12-15)11-14-5-7-22-10-17(14)21/h5,7,9-10,13,15H,6,8,11-12H2,1-4H3,(H,24,28). The molecule has 8 heteroatoms. The largest absolute Gasteiger partial charge is 0.350 e. The van der Waals surface area contributed by atoms with Gasteiger partial charge in [0.05, 0.1) is 17.5 Å². The number of rotatable bonds is 6. The number of pyridine rings is 1. The highest BCUT2D eigenvalue weighted by Crippen LogP contribution is 2.30. The van der Waals surface area contributed by atoms with Crippen molar-refractivity contribution in [2.45, 2.75) is 38.8 Å². The number of hydrogen-bond donors (Lipinski definition) is 1. The Kier molecular flexibility index (Phi) is 6.18. The van der Waals surface area contributed by atoms with Crippen LogP contribution >= 0.6 is 0 Å². The van der Waals surface area contributed by atoms with Gasteiger partial charge in [0.2, 0.25) is 5.95 Å². The third kappa shape index (κ3) is 4.62. The lowest BCUT2D eigenvalue weighted by Crippen LogP contribution is -2.32. The highest BCUT2D eigenvalue weighted by atomic mass is 19.1. The Morgan fingerprint density at radius 1 is 1.39 bits per heavy atom. The SMILES string of the molecule is CC(C)NC(=O)c1cnc(N(C)C)nc1C1CCN(Cc2ccncc2F)C1. The number of amides is 1. The number of anilines is 1. The van der Waals surface area contributed by atoms with Crippen LogP contribution in [0.4, 0.5) is 10.3 Å². The zero-order chi connectivity index (χ0) is 20.3. The monoisotopic (exact) mass is 386 g/mol. The Morgan fingerprint density at radius 2 is 2.18 bits per heavy atom. The van der Waals surface area contributed by atoms with Crippen molar-refractivity contribution in [2.24, 2.45) is 0 Å². The van der Waals surface area contributed by atoms with Crippen LogP contribution in [0.15, 0.2) is 24.7 Å². The summed E-state index contributed by atoms with van der Waals surface area (Å²) >= 11 is 0. The Bertz CT molecular complexity index is 841. The number of hydrogen-bond acceptors (Lipinski definition) is 6. The number of nitrogens with one attached hydrogen (secondary N) is 1. The van der Waals surface area contributed by atoms with Gasteiger partial charge in [-0.05, 0) is 32.9 Å². The molecule has 1 saturated heterocycles. The summed E-state index contributed by atoms with van der Waals surface area (Å²) < 4.78 is 13.9. The second kappa shape index (κ2) is 8.60. The number of likely N-dealkylation sites (tertiary alicyclic amines) is 1. The molecule has 28 heavy (non-hydrogen) atoms. The highest BCUT2D eigenvalue weighted by Gasteiger charge is 2.30. The first-order valence-electron chi connectivity index (χ1n) is 9.51. The fourth-order valence-corrected chi connectivity index (χ4v) is 3.40. The molecule has 1 unspecified atom stereocenters. The smallest absolute Gasteiger partial charge is 0.254 e. The Labute approximate surface area is 165 Å². The Hall–Kier alpha value is -2.61. The first kappa shape index (κ1) is 20.1. The van der Waals surface area contributed by atoms with Gasteiger partial charge in [-0.3, -0.25) is 14.7 Å². The maximum Gasteiger partial charge on any atom is 0.254 e. The number of nitrogens with zero attached hydrogens (tertiary/aromatic N) is 5. The third-order valence-corrected chi connectivity index (χ3v) is 4.78. The molecule has 3 rings (SSSR count). The number of aromatic nitrogens is 3. The quantitative estimate of drug-likeness (QED) is 0.821. The Morgan fingerprint density at radius 3 is 2.86 bits per heavy atom. The van der Waals surface area contributed by atoms with E-state index in [9.17, 15) is 9.18 Å². The minimum Gasteiger partial charge on any atom is -0.350 e. The molecule has 2 aromatic rings. The second-order valence-electron chi connectivity index (χ2n) is 7.68. The number of halogens is 1. The van der Waals surface area contributed by atoms with Gasteiger partial charge in [0.25, 0.3) is 5.91 Å². The van der Waals surface area contributed by atoms with E-state index in [1.54, 1.807) is 18.5 Å². The molecule has 1 atom stereocenters. The van der Waals surface area contributed by atoms with Crippen molar-refractivity contribution in [3.05, 3.63) is 47.3 Å². The molecule has 0 aliphatic carbocycles. The van der Waals surface area contributed by atoms with E-state index in [0.717, 1.165) is 18.7 Å². The summed E-state index contributed by atoms with van der Waals surface area (Å²) in [5, 5.41) is 2.93. The molecule has 7 nitrogen and oxygen atoms in total. The molecule has 0 aromatic carbocycles. The van der Waals surface area contributed by atoms with Crippen LogP contribution in [0.5, 0.6) is 0 Å². The lowest BCUT2D eigenvalue weighted by Gasteiger charge is -2.19. The van der Waals surface area contributed by atoms with Crippen molar-refractivity contribution < 1.29 is 9.18 Å². The summed E-state index contributed by atoms with van der Waals surface area (Å²) in [4.78, 5) is 29.5. The summed E-state index contributed by atoms with van der Waals surface area (Å²) in [5.41, 5.74) is 1.90. The van der Waals surface area contributed by atoms with E-state index < -0.39 is 0 Å². The summed E-state index contributed by atoms with van der Waals surface area (Å²) in [6.45, 7) is 5.90. The molecule has 3 heterocycles. The molecule has 1 fully saturated rings. The normalized spacial score (nSPS) is 17.1. The van der Waals surface area contributed by atoms with Gasteiger partial charge >= 0.3 is 0 Å². The third-order valence-electron chi connectivity index (χ3n) is 4.78. The maximum atomic E-state index is 13.9. The maximum absolute atomic E-state index is 13.9. The van der Waals surface area contributed by atoms with Crippen molar-refractivity contribution in [3.8, 4) is 0 Å². The van der Waals surface area contributed by atoms with Gasteiger partial charge in [0.15, 0.2) is 0 Å². The molecule has 1 aliphatic heterocycles. The molecule has 1 amide bonds. The lowest BCUT2D eigenvalue weighted by molar-refractivity contribution is 0.0940. The summed E-state index contributed by atoms with van der Waals surface area (Å²) in [6, 6.07) is 1.74. The molecule has 0 radical (unpaired) electrons. The van der Waals surface area contributed by atoms with E-state index in [1.807, 2.05) is 32.8 Å². The van der Waals surface area contributed by atoms with Crippen molar-refractivity contribution in [3.63, 3.8) is 0 Å². The van der Waals surface area contributed by atoms with E-state index in [-0.39, 0.29) is 23.7 Å². The van der Waals surface area contributed by atoms with Crippen molar-refractivity contribution in [1.82, 2.24) is 25.2 Å². The van der Waals surface area contributed by atoms with Crippen molar-refractivity contribution >= 4 is 11.9 Å². The fraction of sp³-hybridized carbons (Fsp3) is 0.500. The van der Waals surface area contributed by atoms with Gasteiger partial charge in [0.1, 0.15) is 5.82 Å². The van der Waals surface area contributed by atoms with E-state index in [2.05, 4.69) is 25.2 Å². The summed E-state index contributed by atoms with van der Waals surface area (Å²) in [5.74, 6) is 0.225. The molecule has 2 aromatic heterocycles. The lowest BCUT2D eigenvalue weighted by atomic mass is 9.99. The predicted octanol–water partition coefficient (Wildman–Crippen LogP) is 2.20. The number of carbonyl (C=O) groups excluding carboxylic acids is 1. The van der Waals surface area contributed by atoms with Crippen LogP contribution < -0.4 is 10.2 Å². The van der Waals surface area contributed by atoms with Crippen LogP contribution in [0.25, 0.3) is 0 Å². The highest BCUT2D eigenvalue weighted by molar-refractivity contribution is 5.95. The molecular weight excluding hydrogens is 359 g/mol. The topological polar surface area (TPSA) is 74.2 Å². The zero-order valence-corrected chi connectivity index (χ0v) is 16.8. The average Bonchev–Trinajstić information content (AvgIpc) is 3.11. The van der Waals surface area contributed by atoms with Crippen molar-refractivity contribution in [1.29, 1.82) is 0 Å².